The lowest BCUT2D eigenvalue weighted by Gasteiger charge is -2.32. The second kappa shape index (κ2) is 10.9. The summed E-state index contributed by atoms with van der Waals surface area (Å²) in [7, 11) is 0. The molecule has 38 heavy (non-hydrogen) atoms. The van der Waals surface area contributed by atoms with E-state index >= 15 is 0 Å². The predicted molar refractivity (Wildman–Crippen MR) is 159 cm³/mol. The first kappa shape index (κ1) is 31.6. The molecule has 2 aromatic rings. The summed E-state index contributed by atoms with van der Waals surface area (Å²) in [6, 6.07) is 8.56. The summed E-state index contributed by atoms with van der Waals surface area (Å²) in [4.78, 5) is 25.6. The first-order valence-corrected chi connectivity index (χ1v) is 13.9. The third kappa shape index (κ3) is 7.27. The van der Waals surface area contributed by atoms with Crippen LogP contribution in [0.1, 0.15) is 132 Å². The first-order valence-electron chi connectivity index (χ1n) is 13.9. The Kier molecular flexibility index (Phi) is 9.03. The van der Waals surface area contributed by atoms with E-state index < -0.39 is 0 Å². The Labute approximate surface area is 231 Å². The van der Waals surface area contributed by atoms with E-state index in [4.69, 9.17) is 9.47 Å². The normalized spacial score (nSPS) is 12.9. The fraction of sp³-hybridized carbons (Fsp3) is 0.588. The van der Waals surface area contributed by atoms with Crippen molar-refractivity contribution in [2.75, 3.05) is 0 Å². The molecule has 2 rings (SSSR count). The summed E-state index contributed by atoms with van der Waals surface area (Å²) in [5.41, 5.74) is 4.80. The molecule has 0 amide bonds. The lowest BCUT2D eigenvalue weighted by atomic mass is 9.75. The number of carbonyl (C=O) groups excluding carboxylic acids is 2. The van der Waals surface area contributed by atoms with Crippen LogP contribution in [-0.2, 0) is 31.2 Å². The summed E-state index contributed by atoms with van der Waals surface area (Å²) < 4.78 is 12.3. The van der Waals surface area contributed by atoms with Crippen LogP contribution in [0, 0.1) is 0 Å². The van der Waals surface area contributed by atoms with Crippen LogP contribution in [0.2, 0.25) is 0 Å². The lowest BCUT2D eigenvalue weighted by molar-refractivity contribution is -0.135. The third-order valence-electron chi connectivity index (χ3n) is 6.83. The van der Waals surface area contributed by atoms with E-state index in [9.17, 15) is 9.59 Å². The number of hydrogen-bond donors (Lipinski definition) is 0. The van der Waals surface area contributed by atoms with Crippen LogP contribution in [0.15, 0.2) is 24.3 Å². The largest absolute Gasteiger partial charge is 0.426 e. The molecule has 0 spiro atoms. The van der Waals surface area contributed by atoms with Crippen molar-refractivity contribution in [3.8, 4) is 22.6 Å². The summed E-state index contributed by atoms with van der Waals surface area (Å²) in [5, 5.41) is 0. The second-order valence-corrected chi connectivity index (χ2v) is 14.5. The van der Waals surface area contributed by atoms with Crippen molar-refractivity contribution in [2.24, 2.45) is 0 Å². The van der Waals surface area contributed by atoms with E-state index in [0.717, 1.165) is 33.4 Å². The van der Waals surface area contributed by atoms with Crippen molar-refractivity contribution < 1.29 is 19.1 Å². The third-order valence-corrected chi connectivity index (χ3v) is 6.83. The highest BCUT2D eigenvalue weighted by Crippen LogP contribution is 2.49. The monoisotopic (exact) mass is 522 g/mol. The van der Waals surface area contributed by atoms with Gasteiger partial charge in [-0.05, 0) is 44.9 Å². The molecule has 0 unspecified atom stereocenters. The molecule has 0 aliphatic rings. The topological polar surface area (TPSA) is 52.6 Å². The number of ether oxygens (including phenoxy) is 2. The van der Waals surface area contributed by atoms with Gasteiger partial charge in [0.1, 0.15) is 11.5 Å². The highest BCUT2D eigenvalue weighted by molar-refractivity contribution is 5.86. The maximum Gasteiger partial charge on any atom is 0.310 e. The van der Waals surface area contributed by atoms with Gasteiger partial charge >= 0.3 is 11.9 Å². The van der Waals surface area contributed by atoms with Gasteiger partial charge in [0.15, 0.2) is 0 Å². The van der Waals surface area contributed by atoms with Crippen LogP contribution in [-0.4, -0.2) is 11.9 Å². The molecule has 0 N–H and O–H groups in total. The molecule has 0 aromatic heterocycles. The zero-order chi connectivity index (χ0) is 29.4. The maximum atomic E-state index is 12.8. The molecule has 0 aliphatic carbocycles. The molecule has 4 heteroatoms. The molecule has 0 saturated heterocycles. The Morgan fingerprint density at radius 2 is 0.816 bits per heavy atom. The van der Waals surface area contributed by atoms with E-state index in [1.165, 1.54) is 0 Å². The Balaban J connectivity index is 3.26. The van der Waals surface area contributed by atoms with Crippen molar-refractivity contribution in [1.29, 1.82) is 0 Å². The van der Waals surface area contributed by atoms with E-state index in [1.54, 1.807) is 13.8 Å². The van der Waals surface area contributed by atoms with Gasteiger partial charge in [-0.25, -0.2) is 0 Å². The van der Waals surface area contributed by atoms with Crippen LogP contribution in [0.4, 0.5) is 0 Å². The Hall–Kier alpha value is -2.62. The minimum atomic E-state index is -0.298. The van der Waals surface area contributed by atoms with E-state index in [1.807, 2.05) is 0 Å². The molecule has 0 fully saturated rings. The number of benzene rings is 2. The highest BCUT2D eigenvalue weighted by atomic mass is 16.5. The minimum Gasteiger partial charge on any atom is -0.426 e. The van der Waals surface area contributed by atoms with Gasteiger partial charge in [-0.1, -0.05) is 109 Å². The van der Waals surface area contributed by atoms with Crippen molar-refractivity contribution in [1.82, 2.24) is 0 Å². The molecule has 0 heterocycles. The van der Waals surface area contributed by atoms with Gasteiger partial charge in [0.25, 0.3) is 0 Å². The van der Waals surface area contributed by atoms with Crippen LogP contribution < -0.4 is 9.47 Å². The fourth-order valence-corrected chi connectivity index (χ4v) is 4.23. The number of hydrogen-bond acceptors (Lipinski definition) is 4. The number of esters is 2. The quantitative estimate of drug-likeness (QED) is 0.290. The van der Waals surface area contributed by atoms with Gasteiger partial charge in [0, 0.05) is 35.1 Å². The average Bonchev–Trinajstić information content (AvgIpc) is 2.75. The molecule has 210 valence electrons. The van der Waals surface area contributed by atoms with Gasteiger partial charge in [-0.15, -0.1) is 0 Å². The fourth-order valence-electron chi connectivity index (χ4n) is 4.23. The maximum absolute atomic E-state index is 12.8. The van der Waals surface area contributed by atoms with Gasteiger partial charge in [-0.2, -0.15) is 0 Å². The van der Waals surface area contributed by atoms with Gasteiger partial charge in [0.2, 0.25) is 0 Å². The lowest BCUT2D eigenvalue weighted by Crippen LogP contribution is -2.22. The molecule has 2 aromatic carbocycles. The summed E-state index contributed by atoms with van der Waals surface area (Å²) >= 11 is 0. The number of carbonyl (C=O) groups is 2. The zero-order valence-corrected chi connectivity index (χ0v) is 26.4. The summed E-state index contributed by atoms with van der Waals surface area (Å²) in [6.07, 6.45) is 0.522. The Morgan fingerprint density at radius 3 is 1.03 bits per heavy atom. The molecular weight excluding hydrogens is 472 g/mol. The van der Waals surface area contributed by atoms with Gasteiger partial charge in [-0.3, -0.25) is 9.59 Å². The van der Waals surface area contributed by atoms with Crippen molar-refractivity contribution in [3.05, 3.63) is 46.5 Å². The Bertz CT molecular complexity index is 1090. The van der Waals surface area contributed by atoms with Crippen molar-refractivity contribution in [3.63, 3.8) is 0 Å². The standard InChI is InChI=1S/C34H50O4/c1-15-27(35)37-29-23(17-21(31(3,4)5)19-25(29)33(9,10)11)24-18-22(32(6,7)8)20-26(34(12,13)14)30(24)38-28(36)16-2/h17-20H,15-16H2,1-14H3. The smallest absolute Gasteiger partial charge is 0.310 e. The Morgan fingerprint density at radius 1 is 0.526 bits per heavy atom. The SMILES string of the molecule is CCC(=O)Oc1c(-c2cc(C(C)(C)C)cc(C(C)(C)C)c2OC(=O)CC)cc(C(C)(C)C)cc1C(C)(C)C. The van der Waals surface area contributed by atoms with Crippen molar-refractivity contribution >= 4 is 11.9 Å². The molecule has 0 aliphatic heterocycles. The van der Waals surface area contributed by atoms with Gasteiger partial charge < -0.3 is 9.47 Å². The summed E-state index contributed by atoms with van der Waals surface area (Å²) in [5.74, 6) is 0.486. The van der Waals surface area contributed by atoms with E-state index in [2.05, 4.69) is 107 Å². The second-order valence-electron chi connectivity index (χ2n) is 14.5. The zero-order valence-electron chi connectivity index (χ0n) is 26.4. The molecule has 4 nitrogen and oxygen atoms in total. The van der Waals surface area contributed by atoms with E-state index in [0.29, 0.717) is 11.5 Å². The average molecular weight is 523 g/mol. The van der Waals surface area contributed by atoms with Crippen LogP contribution in [0.3, 0.4) is 0 Å². The first-order chi connectivity index (χ1) is 17.1. The highest BCUT2D eigenvalue weighted by Gasteiger charge is 2.32. The van der Waals surface area contributed by atoms with Crippen LogP contribution >= 0.6 is 0 Å². The molecule has 0 saturated carbocycles. The molecule has 0 bridgehead atoms. The molecule has 0 atom stereocenters. The number of rotatable bonds is 5. The molecule has 0 radical (unpaired) electrons. The molecular formula is C34H50O4. The van der Waals surface area contributed by atoms with Crippen molar-refractivity contribution in [2.45, 2.75) is 131 Å². The predicted octanol–water partition coefficient (Wildman–Crippen LogP) is 9.17. The van der Waals surface area contributed by atoms with Crippen LogP contribution in [0.5, 0.6) is 11.5 Å². The van der Waals surface area contributed by atoms with Gasteiger partial charge in [0.05, 0.1) is 0 Å². The summed E-state index contributed by atoms with van der Waals surface area (Å²) in [6.45, 7) is 29.5. The minimum absolute atomic E-state index is 0.156. The van der Waals surface area contributed by atoms with E-state index in [-0.39, 0.29) is 46.4 Å². The van der Waals surface area contributed by atoms with Crippen LogP contribution in [0.25, 0.3) is 11.1 Å².